The van der Waals surface area contributed by atoms with Gasteiger partial charge in [0.25, 0.3) is 0 Å². The van der Waals surface area contributed by atoms with Gasteiger partial charge in [0.2, 0.25) is 0 Å². The summed E-state index contributed by atoms with van der Waals surface area (Å²) >= 11 is 0. The van der Waals surface area contributed by atoms with Crippen molar-refractivity contribution < 1.29 is 52.3 Å². The van der Waals surface area contributed by atoms with Gasteiger partial charge in [0.15, 0.2) is 11.5 Å². The first-order valence-electron chi connectivity index (χ1n) is 14.4. The molecule has 0 saturated carbocycles. The number of ether oxygens (including phenoxy) is 7. The summed E-state index contributed by atoms with van der Waals surface area (Å²) in [5, 5.41) is 2.97. The third-order valence-electron chi connectivity index (χ3n) is 5.91. The number of benzene rings is 2. The van der Waals surface area contributed by atoms with Crippen LogP contribution in [0.4, 0.5) is 14.4 Å². The van der Waals surface area contributed by atoms with Gasteiger partial charge in [-0.25, -0.2) is 14.4 Å². The predicted molar refractivity (Wildman–Crippen MR) is 155 cm³/mol. The molecule has 43 heavy (non-hydrogen) atoms. The van der Waals surface area contributed by atoms with Gasteiger partial charge < -0.3 is 38.5 Å². The number of para-hydroxylation sites is 1. The first-order chi connectivity index (χ1) is 20.9. The summed E-state index contributed by atoms with van der Waals surface area (Å²) in [7, 11) is 1.25. The predicted octanol–water partition coefficient (Wildman–Crippen LogP) is 5.99. The molecule has 0 radical (unpaired) electrons. The van der Waals surface area contributed by atoms with Crippen molar-refractivity contribution in [3.8, 4) is 17.2 Å². The Morgan fingerprint density at radius 1 is 0.698 bits per heavy atom. The van der Waals surface area contributed by atoms with Gasteiger partial charge in [-0.1, -0.05) is 63.8 Å². The lowest BCUT2D eigenvalue weighted by atomic mass is 10.1. The van der Waals surface area contributed by atoms with Crippen molar-refractivity contribution in [2.24, 2.45) is 0 Å². The summed E-state index contributed by atoms with van der Waals surface area (Å²) in [6.45, 7) is 4.46. The Bertz CT molecular complexity index is 1140. The summed E-state index contributed by atoms with van der Waals surface area (Å²) in [5.74, 6) is -0.365. The minimum atomic E-state index is -0.961. The van der Waals surface area contributed by atoms with Crippen LogP contribution in [-0.4, -0.2) is 64.0 Å². The van der Waals surface area contributed by atoms with Crippen molar-refractivity contribution >= 4 is 24.4 Å². The van der Waals surface area contributed by atoms with Gasteiger partial charge in [0.1, 0.15) is 18.4 Å². The van der Waals surface area contributed by atoms with E-state index in [1.54, 1.807) is 36.4 Å². The van der Waals surface area contributed by atoms with Crippen LogP contribution in [0.5, 0.6) is 17.2 Å². The maximum absolute atomic E-state index is 12.5. The molecule has 1 N–H and O–H groups in total. The lowest BCUT2D eigenvalue weighted by molar-refractivity contribution is -0.143. The molecule has 0 amide bonds. The average Bonchev–Trinajstić information content (AvgIpc) is 3.00. The lowest BCUT2D eigenvalue weighted by Crippen LogP contribution is -2.41. The molecule has 0 aliphatic rings. The molecule has 0 aliphatic carbocycles. The minimum absolute atomic E-state index is 0.0531. The Hall–Kier alpha value is -4.32. The molecular weight excluding hydrogens is 562 g/mol. The van der Waals surface area contributed by atoms with Crippen molar-refractivity contribution in [1.29, 1.82) is 0 Å². The molecule has 2 aromatic rings. The fourth-order valence-electron chi connectivity index (χ4n) is 3.70. The number of hydrogen-bond donors (Lipinski definition) is 1. The zero-order valence-corrected chi connectivity index (χ0v) is 25.0. The Labute approximate surface area is 251 Å². The summed E-state index contributed by atoms with van der Waals surface area (Å²) in [6, 6.07) is 12.1. The molecule has 2 rings (SSSR count). The van der Waals surface area contributed by atoms with Crippen LogP contribution in [0.25, 0.3) is 0 Å². The number of esters is 1. The Morgan fingerprint density at radius 3 is 1.88 bits per heavy atom. The molecule has 0 spiro atoms. The normalized spacial score (nSPS) is 11.1. The standard InChI is InChI=1S/C31H41NO11/c1-4-6-11-18-38-30(35)42-26-16-15-23(22-27(26)43-31(36)39-19-12-7-5-2)21-25(28(33)37-3)32-17-20-40-29(34)41-24-13-9-8-10-14-24/h8-10,13-16,22,25,32H,4-7,11-12,17-21H2,1-3H3/t25-/m0/s1. The van der Waals surface area contributed by atoms with E-state index in [0.29, 0.717) is 24.2 Å². The van der Waals surface area contributed by atoms with Crippen LogP contribution >= 0.6 is 0 Å². The average molecular weight is 604 g/mol. The van der Waals surface area contributed by atoms with E-state index < -0.39 is 30.5 Å². The van der Waals surface area contributed by atoms with Crippen molar-refractivity contribution in [2.75, 3.05) is 33.5 Å². The highest BCUT2D eigenvalue weighted by Gasteiger charge is 2.22. The van der Waals surface area contributed by atoms with Gasteiger partial charge in [-0.05, 0) is 49.1 Å². The third kappa shape index (κ3) is 14.4. The number of carbonyl (C=O) groups excluding carboxylic acids is 4. The number of methoxy groups -OCH3 is 1. The van der Waals surface area contributed by atoms with Gasteiger partial charge in [-0.2, -0.15) is 0 Å². The summed E-state index contributed by atoms with van der Waals surface area (Å²) in [6.07, 6.45) is 2.41. The highest BCUT2D eigenvalue weighted by atomic mass is 16.7. The molecule has 0 fully saturated rings. The Balaban J connectivity index is 2.04. The monoisotopic (exact) mass is 603 g/mol. The molecule has 2 aromatic carbocycles. The quantitative estimate of drug-likeness (QED) is 0.0925. The molecular formula is C31H41NO11. The van der Waals surface area contributed by atoms with E-state index in [9.17, 15) is 19.2 Å². The number of nitrogens with one attached hydrogen (secondary N) is 1. The number of unbranched alkanes of at least 4 members (excludes halogenated alkanes) is 4. The molecule has 0 bridgehead atoms. The number of rotatable bonds is 18. The zero-order chi connectivity index (χ0) is 31.3. The van der Waals surface area contributed by atoms with Gasteiger partial charge in [-0.3, -0.25) is 4.79 Å². The summed E-state index contributed by atoms with van der Waals surface area (Å²) < 4.78 is 35.9. The number of carbonyl (C=O) groups is 4. The topological polar surface area (TPSA) is 145 Å². The summed E-state index contributed by atoms with van der Waals surface area (Å²) in [4.78, 5) is 48.9. The SMILES string of the molecule is CCCCCOC(=O)Oc1ccc(C[C@H](NCCOC(=O)Oc2ccccc2)C(=O)OC)cc1OC(=O)OCCCCC. The molecule has 12 nitrogen and oxygen atoms in total. The Morgan fingerprint density at radius 2 is 1.28 bits per heavy atom. The van der Waals surface area contributed by atoms with E-state index in [2.05, 4.69) is 5.32 Å². The minimum Gasteiger partial charge on any atom is -0.468 e. The first kappa shape index (κ1) is 34.9. The molecule has 12 heteroatoms. The highest BCUT2D eigenvalue weighted by molar-refractivity contribution is 5.76. The van der Waals surface area contributed by atoms with Crippen molar-refractivity contribution in [3.63, 3.8) is 0 Å². The van der Waals surface area contributed by atoms with E-state index in [4.69, 9.17) is 33.2 Å². The van der Waals surface area contributed by atoms with Crippen molar-refractivity contribution in [2.45, 2.75) is 64.8 Å². The van der Waals surface area contributed by atoms with Crippen LogP contribution in [0, 0.1) is 0 Å². The molecule has 0 aliphatic heterocycles. The lowest BCUT2D eigenvalue weighted by Gasteiger charge is -2.18. The molecule has 0 aromatic heterocycles. The van der Waals surface area contributed by atoms with Gasteiger partial charge >= 0.3 is 24.4 Å². The molecule has 0 saturated heterocycles. The van der Waals surface area contributed by atoms with Crippen LogP contribution in [0.2, 0.25) is 0 Å². The van der Waals surface area contributed by atoms with E-state index >= 15 is 0 Å². The van der Waals surface area contributed by atoms with E-state index in [1.165, 1.54) is 19.2 Å². The molecule has 1 atom stereocenters. The second-order valence-electron chi connectivity index (χ2n) is 9.34. The van der Waals surface area contributed by atoms with Gasteiger partial charge in [-0.15, -0.1) is 0 Å². The second-order valence-corrected chi connectivity index (χ2v) is 9.34. The van der Waals surface area contributed by atoms with E-state index in [-0.39, 0.29) is 44.3 Å². The van der Waals surface area contributed by atoms with Crippen LogP contribution in [-0.2, 0) is 30.2 Å². The van der Waals surface area contributed by atoms with Crippen molar-refractivity contribution in [1.82, 2.24) is 5.32 Å². The van der Waals surface area contributed by atoms with Gasteiger partial charge in [0.05, 0.1) is 20.3 Å². The summed E-state index contributed by atoms with van der Waals surface area (Å²) in [5.41, 5.74) is 0.546. The van der Waals surface area contributed by atoms with Crippen LogP contribution in [0.3, 0.4) is 0 Å². The molecule has 236 valence electrons. The molecule has 0 heterocycles. The van der Waals surface area contributed by atoms with Crippen LogP contribution in [0.1, 0.15) is 57.9 Å². The smallest absolute Gasteiger partial charge is 0.468 e. The van der Waals surface area contributed by atoms with Gasteiger partial charge in [0, 0.05) is 6.54 Å². The fourth-order valence-corrected chi connectivity index (χ4v) is 3.70. The second kappa shape index (κ2) is 20.5. The van der Waals surface area contributed by atoms with E-state index in [0.717, 1.165) is 25.7 Å². The molecule has 0 unspecified atom stereocenters. The zero-order valence-electron chi connectivity index (χ0n) is 25.0. The first-order valence-corrected chi connectivity index (χ1v) is 14.4. The Kier molecular flexibility index (Phi) is 16.7. The largest absolute Gasteiger partial charge is 0.513 e. The number of hydrogen-bond acceptors (Lipinski definition) is 12. The van der Waals surface area contributed by atoms with Crippen molar-refractivity contribution in [3.05, 3.63) is 54.1 Å². The fraction of sp³-hybridized carbons (Fsp3) is 0.484. The van der Waals surface area contributed by atoms with E-state index in [1.807, 2.05) is 13.8 Å². The van der Waals surface area contributed by atoms with Crippen LogP contribution < -0.4 is 19.5 Å². The third-order valence-corrected chi connectivity index (χ3v) is 5.91. The van der Waals surface area contributed by atoms with Crippen LogP contribution in [0.15, 0.2) is 48.5 Å². The maximum Gasteiger partial charge on any atom is 0.513 e. The maximum atomic E-state index is 12.5. The highest BCUT2D eigenvalue weighted by Crippen LogP contribution is 2.30.